The van der Waals surface area contributed by atoms with Gasteiger partial charge in [0.15, 0.2) is 0 Å². The molecule has 7 nitrogen and oxygen atoms in total. The molecule has 0 saturated heterocycles. The summed E-state index contributed by atoms with van der Waals surface area (Å²) in [4.78, 5) is 22.3. The van der Waals surface area contributed by atoms with Crippen LogP contribution in [0.5, 0.6) is 5.75 Å². The number of aromatic nitrogens is 2. The first-order valence-corrected chi connectivity index (χ1v) is 9.80. The van der Waals surface area contributed by atoms with Crippen molar-refractivity contribution in [1.29, 1.82) is 0 Å². The van der Waals surface area contributed by atoms with Gasteiger partial charge in [-0.05, 0) is 44.4 Å². The Morgan fingerprint density at radius 3 is 2.80 bits per heavy atom. The fourth-order valence-electron chi connectivity index (χ4n) is 3.42. The van der Waals surface area contributed by atoms with Gasteiger partial charge >= 0.3 is 0 Å². The molecule has 2 aromatic heterocycles. The number of carbonyl (C=O) groups is 1. The summed E-state index contributed by atoms with van der Waals surface area (Å²) < 4.78 is 19.3. The van der Waals surface area contributed by atoms with Crippen molar-refractivity contribution < 1.29 is 13.9 Å². The molecule has 0 spiro atoms. The van der Waals surface area contributed by atoms with Gasteiger partial charge in [-0.1, -0.05) is 0 Å². The molecule has 0 unspecified atom stereocenters. The highest BCUT2D eigenvalue weighted by atomic mass is 19.1. The highest BCUT2D eigenvalue weighted by Gasteiger charge is 2.28. The first kappa shape index (κ1) is 19.9. The number of anilines is 2. The summed E-state index contributed by atoms with van der Waals surface area (Å²) in [5, 5.41) is 6.19. The van der Waals surface area contributed by atoms with Crippen molar-refractivity contribution in [2.24, 2.45) is 0 Å². The first-order valence-electron chi connectivity index (χ1n) is 9.80. The van der Waals surface area contributed by atoms with E-state index in [1.54, 1.807) is 24.5 Å². The van der Waals surface area contributed by atoms with E-state index in [4.69, 9.17) is 4.74 Å². The minimum atomic E-state index is -0.319. The zero-order valence-electron chi connectivity index (χ0n) is 17.0. The van der Waals surface area contributed by atoms with Gasteiger partial charge in [-0.3, -0.25) is 9.78 Å². The fraction of sp³-hybridized carbons (Fsp3) is 0.273. The lowest BCUT2D eigenvalue weighted by molar-refractivity contribution is 0.0947. The number of H-pyrrole nitrogens is 1. The fourth-order valence-corrected chi connectivity index (χ4v) is 3.42. The van der Waals surface area contributed by atoms with E-state index in [2.05, 4.69) is 20.6 Å². The predicted octanol–water partition coefficient (Wildman–Crippen LogP) is 3.19. The second-order valence-corrected chi connectivity index (χ2v) is 7.39. The monoisotopic (exact) mass is 409 g/mol. The molecule has 1 amide bonds. The molecule has 0 bridgehead atoms. The molecule has 3 aromatic rings. The van der Waals surface area contributed by atoms with Crippen LogP contribution in [0.2, 0.25) is 0 Å². The smallest absolute Gasteiger partial charge is 0.255 e. The number of halogens is 1. The number of likely N-dealkylation sites (N-methyl/N-ethyl adjacent to an activating group) is 1. The van der Waals surface area contributed by atoms with Crippen LogP contribution in [0, 0.1) is 5.82 Å². The third kappa shape index (κ3) is 4.13. The quantitative estimate of drug-likeness (QED) is 0.558. The Labute approximate surface area is 174 Å². The maximum absolute atomic E-state index is 13.3. The van der Waals surface area contributed by atoms with Crippen LogP contribution in [-0.4, -0.2) is 54.6 Å². The minimum absolute atomic E-state index is 0.146. The topological polar surface area (TPSA) is 82.3 Å². The molecular weight excluding hydrogens is 385 g/mol. The molecule has 0 atom stereocenters. The number of pyridine rings is 1. The number of amides is 1. The molecule has 0 fully saturated rings. The van der Waals surface area contributed by atoms with E-state index < -0.39 is 0 Å². The van der Waals surface area contributed by atoms with E-state index in [0.717, 1.165) is 23.5 Å². The van der Waals surface area contributed by atoms with E-state index in [1.165, 1.54) is 12.1 Å². The molecule has 30 heavy (non-hydrogen) atoms. The van der Waals surface area contributed by atoms with E-state index in [1.807, 2.05) is 25.1 Å². The highest BCUT2D eigenvalue weighted by Crippen LogP contribution is 2.40. The molecule has 0 saturated carbocycles. The molecule has 1 aliphatic heterocycles. The Kier molecular flexibility index (Phi) is 5.67. The third-order valence-electron chi connectivity index (χ3n) is 4.93. The summed E-state index contributed by atoms with van der Waals surface area (Å²) in [7, 11) is 3.96. The largest absolute Gasteiger partial charge is 0.490 e. The Balaban J connectivity index is 1.77. The summed E-state index contributed by atoms with van der Waals surface area (Å²) in [6.45, 7) is 1.84. The Bertz CT molecular complexity index is 1050. The van der Waals surface area contributed by atoms with Crippen LogP contribution in [0.15, 0.2) is 42.7 Å². The van der Waals surface area contributed by atoms with Gasteiger partial charge in [0.1, 0.15) is 18.2 Å². The second-order valence-electron chi connectivity index (χ2n) is 7.39. The maximum atomic E-state index is 13.3. The third-order valence-corrected chi connectivity index (χ3v) is 4.93. The molecule has 1 aliphatic rings. The van der Waals surface area contributed by atoms with E-state index in [-0.39, 0.29) is 11.7 Å². The molecule has 156 valence electrons. The van der Waals surface area contributed by atoms with Crippen LogP contribution in [0.1, 0.15) is 16.1 Å². The number of hydrogen-bond donors (Lipinski definition) is 3. The Morgan fingerprint density at radius 2 is 2.03 bits per heavy atom. The standard InChI is InChI=1S/C22H24FN5O2/c1-28(2)11-12-30-18-13-24-9-7-16(18)20-21(26-15-5-3-14(23)4-6-15)19-17(27-20)8-10-25-22(19)29/h3-7,9,13,26-27H,8,10-12H2,1-2H3,(H,25,29). The molecule has 3 heterocycles. The number of nitrogens with zero attached hydrogens (tertiary/aromatic N) is 2. The summed E-state index contributed by atoms with van der Waals surface area (Å²) >= 11 is 0. The molecule has 0 aliphatic carbocycles. The Hall–Kier alpha value is -3.39. The minimum Gasteiger partial charge on any atom is -0.490 e. The van der Waals surface area contributed by atoms with Crippen LogP contribution in [0.25, 0.3) is 11.3 Å². The van der Waals surface area contributed by atoms with E-state index >= 15 is 0 Å². The van der Waals surface area contributed by atoms with Gasteiger partial charge in [-0.15, -0.1) is 0 Å². The summed E-state index contributed by atoms with van der Waals surface area (Å²) in [5.41, 5.74) is 4.28. The summed E-state index contributed by atoms with van der Waals surface area (Å²) in [6.07, 6.45) is 4.06. The molecule has 1 aromatic carbocycles. The number of rotatable bonds is 7. The number of fused-ring (bicyclic) bond motifs is 1. The van der Waals surface area contributed by atoms with Crippen molar-refractivity contribution in [3.05, 3.63) is 59.8 Å². The molecular formula is C22H24FN5O2. The average molecular weight is 409 g/mol. The van der Waals surface area contributed by atoms with Gasteiger partial charge in [-0.2, -0.15) is 0 Å². The lowest BCUT2D eigenvalue weighted by Gasteiger charge is -2.16. The normalized spacial score (nSPS) is 13.1. The zero-order valence-corrected chi connectivity index (χ0v) is 17.0. The van der Waals surface area contributed by atoms with Gasteiger partial charge in [-0.25, -0.2) is 4.39 Å². The van der Waals surface area contributed by atoms with Crippen molar-refractivity contribution in [3.63, 3.8) is 0 Å². The van der Waals surface area contributed by atoms with Crippen LogP contribution >= 0.6 is 0 Å². The van der Waals surface area contributed by atoms with Crippen molar-refractivity contribution in [2.75, 3.05) is 39.1 Å². The maximum Gasteiger partial charge on any atom is 0.255 e. The summed E-state index contributed by atoms with van der Waals surface area (Å²) in [5.74, 6) is 0.160. The SMILES string of the molecule is CN(C)CCOc1cnccc1-c1[nH]c2c(c1Nc1ccc(F)cc1)C(=O)NCC2. The van der Waals surface area contributed by atoms with Gasteiger partial charge in [0.2, 0.25) is 0 Å². The number of aromatic amines is 1. The van der Waals surface area contributed by atoms with Crippen molar-refractivity contribution in [1.82, 2.24) is 20.2 Å². The Morgan fingerprint density at radius 1 is 1.23 bits per heavy atom. The number of nitrogens with one attached hydrogen (secondary N) is 3. The van der Waals surface area contributed by atoms with E-state index in [9.17, 15) is 9.18 Å². The van der Waals surface area contributed by atoms with Crippen LogP contribution in [0.3, 0.4) is 0 Å². The zero-order chi connectivity index (χ0) is 21.1. The highest BCUT2D eigenvalue weighted by molar-refractivity contribution is 6.06. The lowest BCUT2D eigenvalue weighted by atomic mass is 10.0. The van der Waals surface area contributed by atoms with Gasteiger partial charge in [0.05, 0.1) is 23.1 Å². The number of hydrogen-bond acceptors (Lipinski definition) is 5. The molecule has 0 radical (unpaired) electrons. The number of ether oxygens (including phenoxy) is 1. The second kappa shape index (κ2) is 8.54. The number of carbonyl (C=O) groups excluding carboxylic acids is 1. The summed E-state index contributed by atoms with van der Waals surface area (Å²) in [6, 6.07) is 7.89. The van der Waals surface area contributed by atoms with Crippen molar-refractivity contribution in [3.8, 4) is 17.0 Å². The predicted molar refractivity (Wildman–Crippen MR) is 114 cm³/mol. The number of benzene rings is 1. The molecule has 4 rings (SSSR count). The van der Waals surface area contributed by atoms with Gasteiger partial charge < -0.3 is 25.3 Å². The lowest BCUT2D eigenvalue weighted by Crippen LogP contribution is -2.31. The van der Waals surface area contributed by atoms with Gasteiger partial charge in [0, 0.05) is 42.7 Å². The van der Waals surface area contributed by atoms with Crippen LogP contribution in [0.4, 0.5) is 15.8 Å². The van der Waals surface area contributed by atoms with E-state index in [0.29, 0.717) is 42.3 Å². The molecule has 8 heteroatoms. The van der Waals surface area contributed by atoms with Crippen molar-refractivity contribution in [2.45, 2.75) is 6.42 Å². The van der Waals surface area contributed by atoms with Crippen molar-refractivity contribution >= 4 is 17.3 Å². The average Bonchev–Trinajstić information content (AvgIpc) is 3.09. The molecule has 3 N–H and O–H groups in total. The van der Waals surface area contributed by atoms with Crippen LogP contribution in [-0.2, 0) is 6.42 Å². The van der Waals surface area contributed by atoms with Crippen LogP contribution < -0.4 is 15.4 Å². The van der Waals surface area contributed by atoms with Gasteiger partial charge in [0.25, 0.3) is 5.91 Å². The first-order chi connectivity index (χ1) is 14.5.